The van der Waals surface area contributed by atoms with Gasteiger partial charge < -0.3 is 9.47 Å². The van der Waals surface area contributed by atoms with E-state index in [-0.39, 0.29) is 269 Å². The summed E-state index contributed by atoms with van der Waals surface area (Å²) in [5, 5.41) is 1.07. The molecule has 1 heterocycles. The quantitative estimate of drug-likeness (QED) is 0.144. The second-order valence-corrected chi connectivity index (χ2v) is 21.6. The van der Waals surface area contributed by atoms with E-state index in [4.69, 9.17) is 243 Å². The van der Waals surface area contributed by atoms with Crippen LogP contribution in [0.3, 0.4) is 0 Å². The Hall–Kier alpha value is -5.67. The largest absolute Gasteiger partial charge is 0.312 e. The first kappa shape index (κ1) is 64.8. The summed E-state index contributed by atoms with van der Waals surface area (Å²) in [6.45, 7) is 0. The first-order chi connectivity index (χ1) is 41.6. The van der Waals surface area contributed by atoms with E-state index >= 15 is 0 Å². The van der Waals surface area contributed by atoms with Crippen LogP contribution in [0.4, 0.5) is 17.1 Å². The molecule has 62 radical (unpaired) electrons. The van der Waals surface area contributed by atoms with Crippen molar-refractivity contribution in [3.63, 3.8) is 0 Å². The van der Waals surface area contributed by atoms with Crippen molar-refractivity contribution in [3.8, 4) is 39.1 Å². The van der Waals surface area contributed by atoms with Crippen LogP contribution < -0.4 is 174 Å². The molecule has 0 bridgehead atoms. The number of benzene rings is 10. The lowest BCUT2D eigenvalue weighted by Gasteiger charge is -2.35. The van der Waals surface area contributed by atoms with Gasteiger partial charge in [0.05, 0.1) is 11.0 Å². The summed E-state index contributed by atoms with van der Waals surface area (Å²) in [6, 6.07) is 10.5. The fourth-order valence-corrected chi connectivity index (χ4v) is 12.0. The minimum Gasteiger partial charge on any atom is -0.312 e. The lowest BCUT2D eigenvalue weighted by Crippen LogP contribution is -2.56. The molecule has 0 fully saturated rings. The molecule has 0 N–H and O–H groups in total. The second-order valence-electron chi connectivity index (χ2n) is 21.6. The molecule has 1 aromatic heterocycles. The Morgan fingerprint density at radius 2 is 0.596 bits per heavy atom. The van der Waals surface area contributed by atoms with Crippen LogP contribution in [0.2, 0.25) is 0 Å². The highest BCUT2D eigenvalue weighted by Crippen LogP contribution is 2.41. The van der Waals surface area contributed by atoms with Gasteiger partial charge in [-0.1, -0.05) is 116 Å². The molecule has 11 aromatic rings. The fourth-order valence-electron chi connectivity index (χ4n) is 12.0. The average molecular weight is 1040 g/mol. The fraction of sp³-hybridized carbons (Fsp3) is 0. The number of fused-ring (bicyclic) bond motifs is 5. The maximum Gasteiger partial charge on any atom is 0.117 e. The van der Waals surface area contributed by atoms with Crippen LogP contribution in [-0.2, 0) is 0 Å². The smallest absolute Gasteiger partial charge is 0.117 e. The third-order valence-electron chi connectivity index (χ3n) is 16.9. The van der Waals surface area contributed by atoms with Crippen molar-refractivity contribution in [3.05, 3.63) is 42.5 Å². The summed E-state index contributed by atoms with van der Waals surface area (Å²) in [7, 11) is 211. The maximum atomic E-state index is 7.61. The van der Waals surface area contributed by atoms with Crippen molar-refractivity contribution in [2.45, 2.75) is 0 Å². The normalized spacial score (nSPS) is 11.6. The highest BCUT2D eigenvalue weighted by atomic mass is 15.2. The van der Waals surface area contributed by atoms with Crippen LogP contribution in [0.25, 0.3) is 82.4 Å². The Morgan fingerprint density at radius 1 is 0.202 bits per heavy atom. The van der Waals surface area contributed by atoms with E-state index in [2.05, 4.69) is 0 Å². The first-order valence-electron chi connectivity index (χ1n) is 26.3. The summed E-state index contributed by atoms with van der Waals surface area (Å²) in [6.07, 6.45) is 0. The standard InChI is InChI=1S/C56H7B31N2/c57-11-4-15(61)31(62)9-3-18(36(67)39(70)22(9)11)89(20-6-13(59)26(42(73)37(20)68)30-46(77)53(84)56(87)54(85)47(30)78)21-7-17-28(44(75)38(21)69)27-16(88(17)19-5-12(58)25-29(35(19)66)45(76)52(83)51(82)43(25)74)2-10(24-40(71)49(80)55(86)50(81)41(24)72)32(63)23(27)8-1-14(60)34(65)48(79)33(8)64/h1-7H. The summed E-state index contributed by atoms with van der Waals surface area (Å²) in [5.41, 5.74) is -1.95. The Kier molecular flexibility index (Phi) is 16.7. The maximum absolute atomic E-state index is 7.61. The van der Waals surface area contributed by atoms with Crippen molar-refractivity contribution < 1.29 is 0 Å². The zero-order valence-electron chi connectivity index (χ0n) is 47.3. The number of hydrogen-bond acceptors (Lipinski definition) is 1. The highest BCUT2D eigenvalue weighted by Gasteiger charge is 2.31. The van der Waals surface area contributed by atoms with Crippen LogP contribution in [0, 0.1) is 0 Å². The lowest BCUT2D eigenvalue weighted by atomic mass is 9.57. The van der Waals surface area contributed by atoms with Gasteiger partial charge in [0.2, 0.25) is 0 Å². The molecule has 0 unspecified atom stereocenters. The molecule has 0 spiro atoms. The third-order valence-corrected chi connectivity index (χ3v) is 16.9. The van der Waals surface area contributed by atoms with Gasteiger partial charge in [0, 0.05) is 33.5 Å². The third kappa shape index (κ3) is 9.35. The number of nitrogens with zero attached hydrogens (tertiary/aromatic N) is 2. The van der Waals surface area contributed by atoms with Gasteiger partial charge in [0.15, 0.2) is 0 Å². The first-order valence-corrected chi connectivity index (χ1v) is 26.3. The molecule has 0 atom stereocenters. The van der Waals surface area contributed by atoms with Crippen LogP contribution >= 0.6 is 0 Å². The highest BCUT2D eigenvalue weighted by molar-refractivity contribution is 6.74. The van der Waals surface area contributed by atoms with Gasteiger partial charge in [-0.3, -0.25) is 0 Å². The van der Waals surface area contributed by atoms with E-state index in [0.29, 0.717) is 0 Å². The van der Waals surface area contributed by atoms with Gasteiger partial charge >= 0.3 is 0 Å². The van der Waals surface area contributed by atoms with Gasteiger partial charge in [0.25, 0.3) is 0 Å². The molecule has 0 aliphatic carbocycles. The van der Waals surface area contributed by atoms with Crippen LogP contribution in [0.5, 0.6) is 0 Å². The van der Waals surface area contributed by atoms with E-state index in [0.717, 1.165) is 0 Å². The minimum absolute atomic E-state index is 0.00686. The Bertz CT molecular complexity index is 5050. The minimum atomic E-state index is -0.208. The average Bonchev–Trinajstić information content (AvgIpc) is 1.60. The van der Waals surface area contributed by atoms with Gasteiger partial charge in [0.1, 0.15) is 243 Å². The molecule has 10 aromatic carbocycles. The Labute approximate surface area is 559 Å². The molecule has 0 aliphatic heterocycles. The zero-order valence-corrected chi connectivity index (χ0v) is 47.3. The second kappa shape index (κ2) is 22.9. The Morgan fingerprint density at radius 3 is 1.16 bits per heavy atom. The van der Waals surface area contributed by atoms with Gasteiger partial charge in [-0.15, -0.1) is 65.6 Å². The van der Waals surface area contributed by atoms with Crippen LogP contribution in [-0.4, -0.2) is 248 Å². The molecular formula is C56H7B31N2. The number of hydrogen-bond donors (Lipinski definition) is 0. The molecule has 0 aliphatic rings. The topological polar surface area (TPSA) is 8.17 Å². The molecule has 0 amide bonds. The molecular weight excluding hydrogens is 1040 g/mol. The van der Waals surface area contributed by atoms with Crippen molar-refractivity contribution >= 4 is 473 Å². The summed E-state index contributed by atoms with van der Waals surface area (Å²) >= 11 is 0. The Balaban J connectivity index is 1.42. The predicted octanol–water partition coefficient (Wildman–Crippen LogP) is -21.8. The van der Waals surface area contributed by atoms with Crippen molar-refractivity contribution in [1.29, 1.82) is 0 Å². The van der Waals surface area contributed by atoms with Crippen molar-refractivity contribution in [2.75, 3.05) is 4.90 Å². The number of aromatic nitrogens is 1. The van der Waals surface area contributed by atoms with E-state index in [1.165, 1.54) is 29.2 Å². The molecule has 33 heteroatoms. The zero-order chi connectivity index (χ0) is 65.4. The van der Waals surface area contributed by atoms with E-state index in [9.17, 15) is 0 Å². The van der Waals surface area contributed by atoms with E-state index in [1.807, 2.05) is 0 Å². The molecule has 334 valence electrons. The van der Waals surface area contributed by atoms with Crippen molar-refractivity contribution in [2.24, 2.45) is 0 Å². The van der Waals surface area contributed by atoms with Gasteiger partial charge in [-0.25, -0.2) is 0 Å². The molecule has 0 saturated heterocycles. The summed E-state index contributed by atoms with van der Waals surface area (Å²) < 4.78 is 1.63. The molecule has 0 saturated carbocycles. The number of anilines is 3. The summed E-state index contributed by atoms with van der Waals surface area (Å²) in [5.74, 6) is 0. The number of rotatable bonds is 7. The van der Waals surface area contributed by atoms with Gasteiger partial charge in [-0.2, -0.15) is 0 Å². The SMILES string of the molecule is [B]c1cc(-c2c([B])c(-c3c([B])c([B])c([B])c([B])c3[B])cc3c2c2c([B])c([B])c(N(c4cc([B])c(-c5c([B])c([B])c([B])c([B])c5[B])c([B])c4[B])c4cc5c([B])c([B])cc([B])c5c([B])c4[B])cc2n3-c2cc([B])c3c([B])c([B])c([B])c([B])c3c2[B])c([B])c([B])c1[B]. The molecule has 11 rings (SSSR count). The summed E-state index contributed by atoms with van der Waals surface area (Å²) in [4.78, 5) is 1.46. The molecule has 2 nitrogen and oxygen atoms in total. The van der Waals surface area contributed by atoms with E-state index in [1.54, 1.807) is 22.8 Å². The monoisotopic (exact) mass is 1050 g/mol. The van der Waals surface area contributed by atoms with Crippen LogP contribution in [0.1, 0.15) is 0 Å². The van der Waals surface area contributed by atoms with Crippen LogP contribution in [0.15, 0.2) is 42.5 Å². The van der Waals surface area contributed by atoms with Gasteiger partial charge in [-0.05, 0) is 85.3 Å². The lowest BCUT2D eigenvalue weighted by molar-refractivity contribution is 1.20. The van der Waals surface area contributed by atoms with E-state index < -0.39 is 0 Å². The van der Waals surface area contributed by atoms with Crippen molar-refractivity contribution in [1.82, 2.24) is 4.57 Å². The molecule has 89 heavy (non-hydrogen) atoms. The predicted molar refractivity (Wildman–Crippen MR) is 414 cm³/mol.